The van der Waals surface area contributed by atoms with Crippen molar-refractivity contribution < 1.29 is 24.5 Å². The van der Waals surface area contributed by atoms with E-state index in [1.165, 1.54) is 0 Å². The third kappa shape index (κ3) is 7.29. The summed E-state index contributed by atoms with van der Waals surface area (Å²) in [5.41, 5.74) is 2.60. The number of carboxylic acids is 1. The number of carboxylic acid groups (broad SMARTS) is 1. The van der Waals surface area contributed by atoms with Gasteiger partial charge >= 0.3 is 5.97 Å². The average Bonchev–Trinajstić information content (AvgIpc) is 3.27. The predicted molar refractivity (Wildman–Crippen MR) is 134 cm³/mol. The number of ketones is 1. The van der Waals surface area contributed by atoms with E-state index in [-0.39, 0.29) is 0 Å². The molecule has 3 aromatic carbocycles. The summed E-state index contributed by atoms with van der Waals surface area (Å²) in [6.07, 6.45) is 7.05. The Morgan fingerprint density at radius 3 is 2.38 bits per heavy atom. The number of hydrogen-bond acceptors (Lipinski definition) is 4. The molecule has 2 atom stereocenters. The average molecular weight is 461 g/mol. The molecule has 0 aromatic heterocycles. The number of fused-ring (bicyclic) bond motifs is 1. The number of hydrogen-bond donors (Lipinski definition) is 2. The summed E-state index contributed by atoms with van der Waals surface area (Å²) in [7, 11) is 1.66. The molecule has 0 spiro atoms. The van der Waals surface area contributed by atoms with Crippen LogP contribution in [0.25, 0.3) is 10.8 Å². The minimum Gasteiger partial charge on any atom is -0.497 e. The van der Waals surface area contributed by atoms with Gasteiger partial charge in [-0.25, -0.2) is 4.79 Å². The van der Waals surface area contributed by atoms with Gasteiger partial charge in [0.05, 0.1) is 18.8 Å². The minimum absolute atomic E-state index is 0.304. The van der Waals surface area contributed by atoms with Gasteiger partial charge in [-0.2, -0.15) is 0 Å². The van der Waals surface area contributed by atoms with E-state index in [1.807, 2.05) is 55.5 Å². The van der Waals surface area contributed by atoms with Crippen molar-refractivity contribution in [3.63, 3.8) is 0 Å². The molecule has 178 valence electrons. The van der Waals surface area contributed by atoms with Gasteiger partial charge in [-0.15, -0.1) is 0 Å². The summed E-state index contributed by atoms with van der Waals surface area (Å²) in [5.74, 6) is 0.601. The lowest BCUT2D eigenvalue weighted by atomic mass is 10.0. The topological polar surface area (TPSA) is 83.8 Å². The van der Waals surface area contributed by atoms with Crippen LogP contribution in [0, 0.1) is 5.92 Å². The van der Waals surface area contributed by atoms with E-state index in [1.54, 1.807) is 19.2 Å². The molecule has 0 saturated heterocycles. The molecule has 1 aliphatic rings. The van der Waals surface area contributed by atoms with Gasteiger partial charge in [0.25, 0.3) is 0 Å². The molecule has 1 aliphatic carbocycles. The first-order chi connectivity index (χ1) is 16.4. The number of Topliss-reactive ketones (excluding diaryl/α,β-unsaturated/α-hetero) is 1. The maximum atomic E-state index is 11.3. The molecule has 34 heavy (non-hydrogen) atoms. The highest BCUT2D eigenvalue weighted by Gasteiger charge is 2.19. The Kier molecular flexibility index (Phi) is 9.00. The van der Waals surface area contributed by atoms with Gasteiger partial charge in [0.1, 0.15) is 11.5 Å². The van der Waals surface area contributed by atoms with Crippen LogP contribution < -0.4 is 4.74 Å². The van der Waals surface area contributed by atoms with Crippen molar-refractivity contribution >= 4 is 22.5 Å². The van der Waals surface area contributed by atoms with E-state index in [0.29, 0.717) is 36.5 Å². The number of aryl methyl sites for hydroxylation is 1. The molecule has 1 saturated carbocycles. The Bertz CT molecular complexity index is 1150. The van der Waals surface area contributed by atoms with E-state index in [2.05, 4.69) is 12.1 Å². The molecule has 5 heteroatoms. The number of benzene rings is 3. The highest BCUT2D eigenvalue weighted by atomic mass is 16.5. The van der Waals surface area contributed by atoms with Gasteiger partial charge in [0.15, 0.2) is 0 Å². The van der Waals surface area contributed by atoms with Crippen LogP contribution >= 0.6 is 0 Å². The molecule has 0 heterocycles. The van der Waals surface area contributed by atoms with Crippen molar-refractivity contribution in [2.24, 2.45) is 5.92 Å². The highest BCUT2D eigenvalue weighted by molar-refractivity contribution is 5.87. The van der Waals surface area contributed by atoms with E-state index >= 15 is 0 Å². The van der Waals surface area contributed by atoms with E-state index in [9.17, 15) is 14.7 Å². The summed E-state index contributed by atoms with van der Waals surface area (Å²) in [5, 5.41) is 21.0. The number of aliphatic hydroxyl groups is 1. The molecule has 0 aliphatic heterocycles. The smallest absolute Gasteiger partial charge is 0.335 e. The number of methoxy groups -OCH3 is 1. The molecule has 1 fully saturated rings. The first-order valence-corrected chi connectivity index (χ1v) is 11.6. The van der Waals surface area contributed by atoms with Crippen LogP contribution in [0.5, 0.6) is 5.75 Å². The number of allylic oxidation sites excluding steroid dienone is 1. The van der Waals surface area contributed by atoms with Crippen molar-refractivity contribution in [1.29, 1.82) is 0 Å². The van der Waals surface area contributed by atoms with E-state index in [0.717, 1.165) is 40.5 Å². The number of carbonyl (C=O) groups excluding carboxylic acids is 1. The van der Waals surface area contributed by atoms with Crippen LogP contribution in [0.4, 0.5) is 0 Å². The maximum Gasteiger partial charge on any atom is 0.335 e. The fourth-order valence-electron chi connectivity index (χ4n) is 4.01. The minimum atomic E-state index is -0.868. The Morgan fingerprint density at radius 2 is 1.76 bits per heavy atom. The molecule has 0 amide bonds. The standard InChI is InChI=1S/C20H22O3.C9H10O2/c1-23-20-9-6-16-5-2-15(10-17(16)13-20)12-19(22)8-4-14-3-7-18(21)11-14;1-2-7-3-5-8(6-4-7)9(10)11/h2,4-6,8-10,13-14,19,22H,3,7,11-12H2,1H3;3-6H,2H2,1H3,(H,10,11)/b8-4+;. The second-order valence-corrected chi connectivity index (χ2v) is 8.60. The van der Waals surface area contributed by atoms with Crippen LogP contribution in [0.1, 0.15) is 47.7 Å². The quantitative estimate of drug-likeness (QED) is 0.447. The molecule has 0 bridgehead atoms. The van der Waals surface area contributed by atoms with Gasteiger partial charge in [0.2, 0.25) is 0 Å². The van der Waals surface area contributed by atoms with Crippen LogP contribution in [-0.4, -0.2) is 35.2 Å². The SMILES string of the molecule is CCc1ccc(C(=O)O)cc1.COc1ccc2ccc(CC(O)/C=C/C3CCC(=O)C3)cc2c1. The van der Waals surface area contributed by atoms with Crippen molar-refractivity contribution in [1.82, 2.24) is 0 Å². The molecule has 3 aromatic rings. The Balaban J connectivity index is 0.000000248. The van der Waals surface area contributed by atoms with Crippen LogP contribution in [0.2, 0.25) is 0 Å². The fourth-order valence-corrected chi connectivity index (χ4v) is 4.01. The normalized spacial score (nSPS) is 16.3. The fraction of sp³-hybridized carbons (Fsp3) is 0.310. The molecule has 0 radical (unpaired) electrons. The maximum absolute atomic E-state index is 11.3. The highest BCUT2D eigenvalue weighted by Crippen LogP contribution is 2.24. The van der Waals surface area contributed by atoms with Crippen LogP contribution in [0.15, 0.2) is 72.8 Å². The first kappa shape index (κ1) is 25.2. The van der Waals surface area contributed by atoms with Crippen molar-refractivity contribution in [2.45, 2.75) is 45.1 Å². The molecule has 2 unspecified atom stereocenters. The second kappa shape index (κ2) is 12.1. The molecular weight excluding hydrogens is 428 g/mol. The Hall–Kier alpha value is -3.44. The van der Waals surface area contributed by atoms with Gasteiger partial charge in [-0.05, 0) is 64.9 Å². The van der Waals surface area contributed by atoms with Gasteiger partial charge in [-0.3, -0.25) is 4.79 Å². The van der Waals surface area contributed by atoms with Crippen LogP contribution in [0.3, 0.4) is 0 Å². The Morgan fingerprint density at radius 1 is 1.06 bits per heavy atom. The summed E-state index contributed by atoms with van der Waals surface area (Å²) >= 11 is 0. The molecule has 2 N–H and O–H groups in total. The molecule has 4 rings (SSSR count). The Labute approximate surface area is 200 Å². The summed E-state index contributed by atoms with van der Waals surface area (Å²) in [4.78, 5) is 21.7. The first-order valence-electron chi connectivity index (χ1n) is 11.6. The van der Waals surface area contributed by atoms with Gasteiger partial charge in [-0.1, -0.05) is 55.5 Å². The predicted octanol–water partition coefficient (Wildman–Crippen LogP) is 5.62. The van der Waals surface area contributed by atoms with E-state index < -0.39 is 12.1 Å². The summed E-state index contributed by atoms with van der Waals surface area (Å²) < 4.78 is 5.26. The van der Waals surface area contributed by atoms with Gasteiger partial charge < -0.3 is 14.9 Å². The van der Waals surface area contributed by atoms with Crippen molar-refractivity contribution in [3.05, 3.63) is 89.5 Å². The lowest BCUT2D eigenvalue weighted by molar-refractivity contribution is -0.117. The van der Waals surface area contributed by atoms with Crippen molar-refractivity contribution in [3.8, 4) is 5.75 Å². The third-order valence-corrected chi connectivity index (χ3v) is 6.06. The molecular formula is C29H32O5. The zero-order chi connectivity index (χ0) is 24.5. The number of aliphatic hydroxyl groups excluding tert-OH is 1. The third-order valence-electron chi connectivity index (χ3n) is 6.06. The van der Waals surface area contributed by atoms with Gasteiger partial charge in [0, 0.05) is 19.3 Å². The zero-order valence-corrected chi connectivity index (χ0v) is 19.7. The number of aromatic carboxylic acids is 1. The monoisotopic (exact) mass is 460 g/mol. The molecule has 5 nitrogen and oxygen atoms in total. The summed E-state index contributed by atoms with van der Waals surface area (Å²) in [6.45, 7) is 2.04. The second-order valence-electron chi connectivity index (χ2n) is 8.60. The van der Waals surface area contributed by atoms with E-state index in [4.69, 9.17) is 9.84 Å². The number of rotatable bonds is 7. The summed E-state index contributed by atoms with van der Waals surface area (Å²) in [6, 6.07) is 19.1. The number of ether oxygens (including phenoxy) is 1. The van der Waals surface area contributed by atoms with Crippen LogP contribution in [-0.2, 0) is 17.6 Å². The lowest BCUT2D eigenvalue weighted by Gasteiger charge is -2.09. The largest absolute Gasteiger partial charge is 0.497 e. The lowest BCUT2D eigenvalue weighted by Crippen LogP contribution is -2.07. The number of carbonyl (C=O) groups is 2. The van der Waals surface area contributed by atoms with Crippen molar-refractivity contribution in [2.75, 3.05) is 7.11 Å². The zero-order valence-electron chi connectivity index (χ0n) is 19.7.